The van der Waals surface area contributed by atoms with Crippen LogP contribution < -0.4 is 0 Å². The number of carbonyl (C=O) groups excluding carboxylic acids is 1. The highest BCUT2D eigenvalue weighted by molar-refractivity contribution is 5.75. The first-order chi connectivity index (χ1) is 11.4. The van der Waals surface area contributed by atoms with Gasteiger partial charge in [0, 0.05) is 5.56 Å². The van der Waals surface area contributed by atoms with Gasteiger partial charge in [0.05, 0.1) is 0 Å². The first kappa shape index (κ1) is 19.9. The predicted molar refractivity (Wildman–Crippen MR) is 101 cm³/mol. The Morgan fingerprint density at radius 3 is 1.78 bits per heavy atom. The SMILES string of the molecule is CCCCCCCCCCCCCCCc1cccc([C]=O)c1. The summed E-state index contributed by atoms with van der Waals surface area (Å²) < 4.78 is 0. The summed E-state index contributed by atoms with van der Waals surface area (Å²) in [5, 5.41) is 0. The van der Waals surface area contributed by atoms with E-state index >= 15 is 0 Å². The van der Waals surface area contributed by atoms with E-state index in [0.717, 1.165) is 6.42 Å². The molecule has 0 fully saturated rings. The molecule has 0 aliphatic heterocycles. The van der Waals surface area contributed by atoms with Crippen molar-refractivity contribution in [3.05, 3.63) is 35.4 Å². The summed E-state index contributed by atoms with van der Waals surface area (Å²) in [5.41, 5.74) is 1.95. The van der Waals surface area contributed by atoms with Crippen LogP contribution in [0, 0.1) is 0 Å². The maximum absolute atomic E-state index is 10.6. The molecule has 129 valence electrons. The molecule has 0 bridgehead atoms. The highest BCUT2D eigenvalue weighted by Gasteiger charge is 1.97. The van der Waals surface area contributed by atoms with Crippen LogP contribution in [0.2, 0.25) is 0 Å². The van der Waals surface area contributed by atoms with E-state index in [4.69, 9.17) is 0 Å². The normalized spacial score (nSPS) is 10.8. The van der Waals surface area contributed by atoms with Crippen molar-refractivity contribution in [3.63, 3.8) is 0 Å². The molecule has 0 spiro atoms. The zero-order valence-electron chi connectivity index (χ0n) is 15.1. The Morgan fingerprint density at radius 2 is 1.26 bits per heavy atom. The molecule has 1 radical (unpaired) electrons. The van der Waals surface area contributed by atoms with Gasteiger partial charge in [-0.25, -0.2) is 0 Å². The Hall–Kier alpha value is -1.11. The molecule has 1 rings (SSSR count). The molecule has 0 unspecified atom stereocenters. The molecule has 1 nitrogen and oxygen atoms in total. The molecular weight excluding hydrogens is 280 g/mol. The standard InChI is InChI=1S/C22H35O/c1-2-3-4-5-6-7-8-9-10-11-12-13-14-16-21-17-15-18-22(19-21)20-23/h15,17-19H,2-14,16H2,1H3. The Morgan fingerprint density at radius 1 is 0.739 bits per heavy atom. The van der Waals surface area contributed by atoms with E-state index in [2.05, 4.69) is 13.0 Å². The monoisotopic (exact) mass is 315 g/mol. The Labute approximate surface area is 143 Å². The highest BCUT2D eigenvalue weighted by Crippen LogP contribution is 2.14. The van der Waals surface area contributed by atoms with Crippen molar-refractivity contribution in [2.45, 2.75) is 96.8 Å². The average molecular weight is 316 g/mol. The van der Waals surface area contributed by atoms with Crippen molar-refractivity contribution in [2.24, 2.45) is 0 Å². The summed E-state index contributed by atoms with van der Waals surface area (Å²) in [6.45, 7) is 2.28. The molecule has 0 aliphatic rings. The van der Waals surface area contributed by atoms with Crippen LogP contribution in [-0.4, -0.2) is 6.29 Å². The van der Waals surface area contributed by atoms with Crippen molar-refractivity contribution in [2.75, 3.05) is 0 Å². The van der Waals surface area contributed by atoms with E-state index in [1.807, 2.05) is 24.5 Å². The second-order valence-corrected chi connectivity index (χ2v) is 6.80. The quantitative estimate of drug-likeness (QED) is 0.326. The van der Waals surface area contributed by atoms with Gasteiger partial charge in [-0.3, -0.25) is 4.79 Å². The van der Waals surface area contributed by atoms with E-state index in [-0.39, 0.29) is 0 Å². The van der Waals surface area contributed by atoms with Gasteiger partial charge in [-0.1, -0.05) is 102 Å². The first-order valence-electron chi connectivity index (χ1n) is 9.84. The lowest BCUT2D eigenvalue weighted by molar-refractivity contribution is 0.539. The van der Waals surface area contributed by atoms with Crippen molar-refractivity contribution >= 4 is 6.29 Å². The molecule has 0 aliphatic carbocycles. The van der Waals surface area contributed by atoms with Crippen LogP contribution >= 0.6 is 0 Å². The molecule has 0 aromatic heterocycles. The smallest absolute Gasteiger partial charge is 0.233 e. The highest BCUT2D eigenvalue weighted by atomic mass is 16.1. The maximum atomic E-state index is 10.6. The topological polar surface area (TPSA) is 17.1 Å². The zero-order valence-corrected chi connectivity index (χ0v) is 15.1. The minimum absolute atomic E-state index is 0.678. The number of hydrogen-bond acceptors (Lipinski definition) is 1. The molecule has 0 atom stereocenters. The Bertz CT molecular complexity index is 397. The fourth-order valence-electron chi connectivity index (χ4n) is 3.14. The number of hydrogen-bond donors (Lipinski definition) is 0. The third-order valence-electron chi connectivity index (χ3n) is 4.61. The van der Waals surface area contributed by atoms with Gasteiger partial charge in [-0.15, -0.1) is 0 Å². The second-order valence-electron chi connectivity index (χ2n) is 6.80. The molecule has 0 amide bonds. The van der Waals surface area contributed by atoms with Crippen LogP contribution in [0.4, 0.5) is 0 Å². The van der Waals surface area contributed by atoms with Crippen molar-refractivity contribution in [3.8, 4) is 0 Å². The summed E-state index contributed by atoms with van der Waals surface area (Å²) in [4.78, 5) is 10.6. The minimum atomic E-state index is 0.678. The number of unbranched alkanes of at least 4 members (excludes halogenated alkanes) is 12. The summed E-state index contributed by atoms with van der Waals surface area (Å²) >= 11 is 0. The van der Waals surface area contributed by atoms with Crippen molar-refractivity contribution < 1.29 is 4.79 Å². The lowest BCUT2D eigenvalue weighted by atomic mass is 10.0. The summed E-state index contributed by atoms with van der Waals surface area (Å²) in [5.74, 6) is 0. The lowest BCUT2D eigenvalue weighted by Gasteiger charge is -2.04. The van der Waals surface area contributed by atoms with Gasteiger partial charge in [0.2, 0.25) is 6.29 Å². The predicted octanol–water partition coefficient (Wildman–Crippen LogP) is 6.78. The van der Waals surface area contributed by atoms with E-state index in [1.165, 1.54) is 89.0 Å². The summed E-state index contributed by atoms with van der Waals surface area (Å²) in [6.07, 6.45) is 21.1. The Kier molecular flexibility index (Phi) is 12.6. The largest absolute Gasteiger partial charge is 0.285 e. The molecule has 23 heavy (non-hydrogen) atoms. The van der Waals surface area contributed by atoms with E-state index in [9.17, 15) is 4.79 Å². The average Bonchev–Trinajstić information content (AvgIpc) is 2.59. The van der Waals surface area contributed by atoms with Gasteiger partial charge in [0.25, 0.3) is 0 Å². The number of benzene rings is 1. The van der Waals surface area contributed by atoms with E-state index in [1.54, 1.807) is 0 Å². The van der Waals surface area contributed by atoms with Crippen LogP contribution in [0.3, 0.4) is 0 Å². The van der Waals surface area contributed by atoms with Gasteiger partial charge < -0.3 is 0 Å². The van der Waals surface area contributed by atoms with Crippen LogP contribution in [0.5, 0.6) is 0 Å². The molecule has 1 heteroatoms. The van der Waals surface area contributed by atoms with Crippen molar-refractivity contribution in [1.82, 2.24) is 0 Å². The number of rotatable bonds is 15. The molecule has 1 aromatic carbocycles. The van der Waals surface area contributed by atoms with Crippen molar-refractivity contribution in [1.29, 1.82) is 0 Å². The molecule has 0 N–H and O–H groups in total. The summed E-state index contributed by atoms with van der Waals surface area (Å²) in [6, 6.07) is 7.85. The first-order valence-corrected chi connectivity index (χ1v) is 9.84. The fourth-order valence-corrected chi connectivity index (χ4v) is 3.14. The zero-order chi connectivity index (χ0) is 16.6. The van der Waals surface area contributed by atoms with Gasteiger partial charge in [0.1, 0.15) is 0 Å². The van der Waals surface area contributed by atoms with Gasteiger partial charge in [-0.2, -0.15) is 0 Å². The Balaban J connectivity index is 1.85. The molecular formula is C22H35O. The van der Waals surface area contributed by atoms with Gasteiger partial charge in [-0.05, 0) is 24.5 Å². The molecule has 0 saturated carbocycles. The lowest BCUT2D eigenvalue weighted by Crippen LogP contribution is -1.89. The second kappa shape index (κ2) is 14.5. The molecule has 1 aromatic rings. The third kappa shape index (κ3) is 11.1. The van der Waals surface area contributed by atoms with Crippen LogP contribution in [0.15, 0.2) is 24.3 Å². The minimum Gasteiger partial charge on any atom is -0.285 e. The van der Waals surface area contributed by atoms with Crippen LogP contribution in [0.25, 0.3) is 0 Å². The van der Waals surface area contributed by atoms with Crippen LogP contribution in [-0.2, 0) is 11.2 Å². The fraction of sp³-hybridized carbons (Fsp3) is 0.682. The third-order valence-corrected chi connectivity index (χ3v) is 4.61. The molecule has 0 heterocycles. The van der Waals surface area contributed by atoms with Gasteiger partial charge >= 0.3 is 0 Å². The number of aryl methyl sites for hydroxylation is 1. The van der Waals surface area contributed by atoms with Gasteiger partial charge in [0.15, 0.2) is 0 Å². The maximum Gasteiger partial charge on any atom is 0.233 e. The van der Waals surface area contributed by atoms with E-state index < -0.39 is 0 Å². The van der Waals surface area contributed by atoms with E-state index in [0.29, 0.717) is 5.56 Å². The van der Waals surface area contributed by atoms with Crippen LogP contribution in [0.1, 0.15) is 102 Å². The molecule has 0 saturated heterocycles. The summed E-state index contributed by atoms with van der Waals surface area (Å²) in [7, 11) is 0.